The number of aromatic hydroxyl groups is 1. The van der Waals surface area contributed by atoms with E-state index in [4.69, 9.17) is 0 Å². The topological polar surface area (TPSA) is 90.4 Å². The van der Waals surface area contributed by atoms with Crippen LogP contribution in [0.1, 0.15) is 5.56 Å². The van der Waals surface area contributed by atoms with Gasteiger partial charge in [-0.1, -0.05) is 12.1 Å². The highest BCUT2D eigenvalue weighted by molar-refractivity contribution is 9.10. The van der Waals surface area contributed by atoms with Gasteiger partial charge in [-0.3, -0.25) is 10.2 Å². The monoisotopic (exact) mass is 308 g/mol. The molecule has 1 aromatic carbocycles. The van der Waals surface area contributed by atoms with Crippen LogP contribution in [-0.4, -0.2) is 21.5 Å². The third-order valence-electron chi connectivity index (χ3n) is 2.06. The van der Waals surface area contributed by atoms with Crippen molar-refractivity contribution in [2.24, 2.45) is 5.10 Å². The number of phenolic OH excluding ortho intramolecular Hbond substituents is 1. The van der Waals surface area contributed by atoms with Crippen LogP contribution in [0.3, 0.4) is 0 Å². The summed E-state index contributed by atoms with van der Waals surface area (Å²) in [5, 5.41) is 19.1. The molecule has 0 unspecified atom stereocenters. The van der Waals surface area contributed by atoms with Crippen molar-refractivity contribution in [3.8, 4) is 5.75 Å². The zero-order valence-corrected chi connectivity index (χ0v) is 10.7. The second-order valence-corrected chi connectivity index (χ2v) is 4.18. The molecule has 92 valence electrons. The molecule has 0 amide bonds. The molecule has 0 saturated carbocycles. The van der Waals surface area contributed by atoms with Gasteiger partial charge in [0.2, 0.25) is 0 Å². The summed E-state index contributed by atoms with van der Waals surface area (Å²) in [6.45, 7) is 0. The van der Waals surface area contributed by atoms with Gasteiger partial charge in [-0.25, -0.2) is 5.10 Å². The number of anilines is 1. The minimum Gasteiger partial charge on any atom is -0.508 e. The first kappa shape index (κ1) is 12.3. The highest BCUT2D eigenvalue weighted by Crippen LogP contribution is 2.15. The fourth-order valence-electron chi connectivity index (χ4n) is 1.24. The first-order chi connectivity index (χ1) is 8.66. The molecule has 0 fully saturated rings. The van der Waals surface area contributed by atoms with Crippen LogP contribution in [0.25, 0.3) is 0 Å². The van der Waals surface area contributed by atoms with E-state index in [1.165, 1.54) is 12.4 Å². The van der Waals surface area contributed by atoms with Crippen molar-refractivity contribution in [3.63, 3.8) is 0 Å². The normalized spacial score (nSPS) is 10.7. The van der Waals surface area contributed by atoms with Gasteiger partial charge in [0.1, 0.15) is 10.2 Å². The molecule has 0 atom stereocenters. The summed E-state index contributed by atoms with van der Waals surface area (Å²) in [7, 11) is 0. The lowest BCUT2D eigenvalue weighted by molar-refractivity contribution is 0.475. The van der Waals surface area contributed by atoms with Crippen molar-refractivity contribution in [1.82, 2.24) is 10.2 Å². The number of nitrogens with zero attached hydrogens (tertiary/aromatic N) is 2. The zero-order valence-electron chi connectivity index (χ0n) is 9.09. The number of hydrogen-bond acceptors (Lipinski definition) is 5. The lowest BCUT2D eigenvalue weighted by Gasteiger charge is -2.00. The number of phenols is 1. The second kappa shape index (κ2) is 5.46. The van der Waals surface area contributed by atoms with Crippen molar-refractivity contribution in [3.05, 3.63) is 50.9 Å². The lowest BCUT2D eigenvalue weighted by Crippen LogP contribution is -2.10. The molecule has 2 aromatic rings. The molecular weight excluding hydrogens is 300 g/mol. The largest absolute Gasteiger partial charge is 0.508 e. The summed E-state index contributed by atoms with van der Waals surface area (Å²) in [6.07, 6.45) is 2.96. The molecule has 0 saturated heterocycles. The Kier molecular flexibility index (Phi) is 3.73. The number of aromatic amines is 1. The van der Waals surface area contributed by atoms with Gasteiger partial charge in [-0.05, 0) is 33.6 Å². The highest BCUT2D eigenvalue weighted by atomic mass is 79.9. The van der Waals surface area contributed by atoms with E-state index in [1.54, 1.807) is 24.3 Å². The first-order valence-corrected chi connectivity index (χ1v) is 5.77. The van der Waals surface area contributed by atoms with Gasteiger partial charge in [0.05, 0.1) is 18.1 Å². The summed E-state index contributed by atoms with van der Waals surface area (Å²) in [5.74, 6) is 0.165. The number of hydrazone groups is 1. The molecule has 0 aliphatic heterocycles. The quantitative estimate of drug-likeness (QED) is 0.594. The maximum Gasteiger partial charge on any atom is 0.280 e. The van der Waals surface area contributed by atoms with Gasteiger partial charge in [0.15, 0.2) is 0 Å². The van der Waals surface area contributed by atoms with Crippen LogP contribution in [0.15, 0.2) is 44.8 Å². The van der Waals surface area contributed by atoms with Crippen molar-refractivity contribution < 1.29 is 5.11 Å². The molecule has 0 aliphatic rings. The fraction of sp³-hybridized carbons (Fsp3) is 0. The Morgan fingerprint density at radius 1 is 1.50 bits per heavy atom. The van der Waals surface area contributed by atoms with E-state index in [2.05, 4.69) is 36.7 Å². The Morgan fingerprint density at radius 2 is 2.33 bits per heavy atom. The van der Waals surface area contributed by atoms with E-state index in [0.717, 1.165) is 5.56 Å². The van der Waals surface area contributed by atoms with Crippen molar-refractivity contribution in [2.45, 2.75) is 0 Å². The Labute approximate surface area is 110 Å². The molecule has 18 heavy (non-hydrogen) atoms. The highest BCUT2D eigenvalue weighted by Gasteiger charge is 2.02. The molecule has 0 spiro atoms. The third kappa shape index (κ3) is 2.95. The van der Waals surface area contributed by atoms with Gasteiger partial charge in [0, 0.05) is 0 Å². The lowest BCUT2D eigenvalue weighted by atomic mass is 10.2. The number of aromatic nitrogens is 2. The Bertz CT molecular complexity index is 639. The van der Waals surface area contributed by atoms with E-state index >= 15 is 0 Å². The minimum absolute atomic E-state index is 0.165. The van der Waals surface area contributed by atoms with E-state index in [1.807, 2.05) is 0 Å². The predicted molar refractivity (Wildman–Crippen MR) is 71.9 cm³/mol. The number of H-pyrrole nitrogens is 1. The van der Waals surface area contributed by atoms with Crippen LogP contribution in [0.2, 0.25) is 0 Å². The van der Waals surface area contributed by atoms with Crippen molar-refractivity contribution >= 4 is 27.8 Å². The molecule has 3 N–H and O–H groups in total. The molecule has 7 heteroatoms. The number of benzene rings is 1. The Hall–Kier alpha value is -2.15. The SMILES string of the molecule is O=c1[nH]ncc(N/N=C\c2cccc(O)c2)c1Br. The van der Waals surface area contributed by atoms with Crippen molar-refractivity contribution in [2.75, 3.05) is 5.43 Å². The van der Waals surface area contributed by atoms with E-state index in [-0.39, 0.29) is 11.3 Å². The predicted octanol–water partition coefficient (Wildman–Crippen LogP) is 1.68. The smallest absolute Gasteiger partial charge is 0.280 e. The number of hydrogen-bond donors (Lipinski definition) is 3. The third-order valence-corrected chi connectivity index (χ3v) is 2.85. The van der Waals surface area contributed by atoms with E-state index < -0.39 is 0 Å². The zero-order chi connectivity index (χ0) is 13.0. The first-order valence-electron chi connectivity index (χ1n) is 4.98. The van der Waals surface area contributed by atoms with Crippen molar-refractivity contribution in [1.29, 1.82) is 0 Å². The second-order valence-electron chi connectivity index (χ2n) is 3.39. The Balaban J connectivity index is 2.12. The van der Waals surface area contributed by atoms with Gasteiger partial charge < -0.3 is 5.11 Å². The maximum atomic E-state index is 11.2. The molecule has 0 radical (unpaired) electrons. The standard InChI is InChI=1S/C11H9BrN4O2/c12-10-9(6-14-16-11(10)18)15-13-5-7-2-1-3-8(17)4-7/h1-6,17H,(H2,15,16,18)/b13-5-. The summed E-state index contributed by atoms with van der Waals surface area (Å²) < 4.78 is 0.325. The van der Waals surface area contributed by atoms with Gasteiger partial charge in [-0.15, -0.1) is 0 Å². The number of rotatable bonds is 3. The van der Waals surface area contributed by atoms with Gasteiger partial charge in [0.25, 0.3) is 5.56 Å². The fourth-order valence-corrected chi connectivity index (χ4v) is 1.52. The number of halogens is 1. The van der Waals surface area contributed by atoms with Crippen LogP contribution in [-0.2, 0) is 0 Å². The molecular formula is C11H9BrN4O2. The van der Waals surface area contributed by atoms with Crippen LogP contribution < -0.4 is 11.0 Å². The summed E-state index contributed by atoms with van der Waals surface area (Å²) in [5.41, 5.74) is 3.53. The maximum absolute atomic E-state index is 11.2. The molecule has 2 rings (SSSR count). The average Bonchev–Trinajstić information content (AvgIpc) is 2.35. The molecule has 1 heterocycles. The number of nitrogens with one attached hydrogen (secondary N) is 2. The van der Waals surface area contributed by atoms with Crippen LogP contribution in [0.5, 0.6) is 5.75 Å². The van der Waals surface area contributed by atoms with Gasteiger partial charge in [-0.2, -0.15) is 10.2 Å². The molecule has 1 aromatic heterocycles. The molecule has 0 aliphatic carbocycles. The van der Waals surface area contributed by atoms with Crippen LogP contribution in [0, 0.1) is 0 Å². The molecule has 0 bridgehead atoms. The van der Waals surface area contributed by atoms with Crippen LogP contribution in [0.4, 0.5) is 5.69 Å². The summed E-state index contributed by atoms with van der Waals surface area (Å²) in [4.78, 5) is 11.2. The Morgan fingerprint density at radius 3 is 3.11 bits per heavy atom. The van der Waals surface area contributed by atoms with Gasteiger partial charge >= 0.3 is 0 Å². The molecule has 6 nitrogen and oxygen atoms in total. The summed E-state index contributed by atoms with van der Waals surface area (Å²) in [6, 6.07) is 6.63. The summed E-state index contributed by atoms with van der Waals surface area (Å²) >= 11 is 3.12. The minimum atomic E-state index is -0.340. The van der Waals surface area contributed by atoms with E-state index in [9.17, 15) is 9.90 Å². The van der Waals surface area contributed by atoms with E-state index in [0.29, 0.717) is 10.2 Å². The average molecular weight is 309 g/mol. The van der Waals surface area contributed by atoms with Crippen LogP contribution >= 0.6 is 15.9 Å².